The van der Waals surface area contributed by atoms with Crippen molar-refractivity contribution < 1.29 is 26.8 Å². The summed E-state index contributed by atoms with van der Waals surface area (Å²) < 4.78 is 54.7. The fraction of sp³-hybridized carbons (Fsp3) is 0.211. The molecule has 0 aliphatic carbocycles. The van der Waals surface area contributed by atoms with Gasteiger partial charge in [-0.05, 0) is 55.5 Å². The van der Waals surface area contributed by atoms with Crippen LogP contribution in [0.4, 0.5) is 14.5 Å². The van der Waals surface area contributed by atoms with Gasteiger partial charge in [-0.2, -0.15) is 8.42 Å². The molecule has 30 heavy (non-hydrogen) atoms. The van der Waals surface area contributed by atoms with Crippen molar-refractivity contribution in [3.63, 3.8) is 0 Å². The first-order valence-corrected chi connectivity index (χ1v) is 11.2. The number of carbonyl (C=O) groups is 2. The highest BCUT2D eigenvalue weighted by atomic mass is 32.2. The Kier molecular flexibility index (Phi) is 6.52. The van der Waals surface area contributed by atoms with Crippen molar-refractivity contribution in [2.24, 2.45) is 4.40 Å². The highest BCUT2D eigenvalue weighted by molar-refractivity contribution is 8.16. The van der Waals surface area contributed by atoms with E-state index in [9.17, 15) is 26.8 Å². The summed E-state index contributed by atoms with van der Waals surface area (Å²) in [6.45, 7) is 1.82. The Hall–Kier alpha value is -2.79. The van der Waals surface area contributed by atoms with E-state index < -0.39 is 38.7 Å². The molecule has 1 fully saturated rings. The number of nitrogens with zero attached hydrogens (tertiary/aromatic N) is 2. The fourth-order valence-corrected chi connectivity index (χ4v) is 5.10. The van der Waals surface area contributed by atoms with Crippen LogP contribution in [0.2, 0.25) is 0 Å². The zero-order valence-corrected chi connectivity index (χ0v) is 17.3. The van der Waals surface area contributed by atoms with Crippen molar-refractivity contribution in [3.05, 3.63) is 60.2 Å². The molecule has 11 heteroatoms. The first-order chi connectivity index (χ1) is 14.2. The second-order valence-corrected chi connectivity index (χ2v) is 9.03. The lowest BCUT2D eigenvalue weighted by molar-refractivity contribution is -0.128. The van der Waals surface area contributed by atoms with E-state index in [1.54, 1.807) is 6.92 Å². The van der Waals surface area contributed by atoms with Crippen LogP contribution in [0.3, 0.4) is 0 Å². The maximum atomic E-state index is 13.1. The molecule has 2 aromatic rings. The van der Waals surface area contributed by atoms with E-state index in [1.807, 2.05) is 0 Å². The van der Waals surface area contributed by atoms with E-state index >= 15 is 0 Å². The molecule has 1 N–H and O–H groups in total. The predicted octanol–water partition coefficient (Wildman–Crippen LogP) is 3.00. The van der Waals surface area contributed by atoms with Crippen LogP contribution < -0.4 is 5.32 Å². The first-order valence-electron chi connectivity index (χ1n) is 8.83. The minimum Gasteiger partial charge on any atom is -0.326 e. The molecule has 0 radical (unpaired) electrons. The summed E-state index contributed by atoms with van der Waals surface area (Å²) in [5, 5.41) is 1.66. The number of amidine groups is 1. The van der Waals surface area contributed by atoms with E-state index in [-0.39, 0.29) is 23.0 Å². The molecular weight excluding hydrogens is 436 g/mol. The number of nitrogens with one attached hydrogen (secondary N) is 1. The van der Waals surface area contributed by atoms with Crippen LogP contribution in [-0.2, 0) is 19.6 Å². The van der Waals surface area contributed by atoms with E-state index in [4.69, 9.17) is 0 Å². The topological polar surface area (TPSA) is 95.9 Å². The molecule has 1 aliphatic rings. The first kappa shape index (κ1) is 21.9. The summed E-state index contributed by atoms with van der Waals surface area (Å²) in [4.78, 5) is 25.8. The summed E-state index contributed by atoms with van der Waals surface area (Å²) >= 11 is 0.870. The van der Waals surface area contributed by atoms with Gasteiger partial charge in [0, 0.05) is 18.7 Å². The second-order valence-electron chi connectivity index (χ2n) is 6.25. The molecule has 158 valence electrons. The molecule has 3 rings (SSSR count). The largest absolute Gasteiger partial charge is 0.326 e. The quantitative estimate of drug-likeness (QED) is 0.726. The van der Waals surface area contributed by atoms with Crippen molar-refractivity contribution in [3.8, 4) is 0 Å². The fourth-order valence-electron chi connectivity index (χ4n) is 2.68. The summed E-state index contributed by atoms with van der Waals surface area (Å²) in [5.74, 6) is -1.96. The Labute approximate surface area is 176 Å². The number of amides is 2. The maximum absolute atomic E-state index is 13.1. The number of carbonyl (C=O) groups excluding carboxylic acids is 2. The number of rotatable bonds is 6. The van der Waals surface area contributed by atoms with E-state index in [2.05, 4.69) is 9.71 Å². The van der Waals surface area contributed by atoms with Gasteiger partial charge in [-0.1, -0.05) is 11.8 Å². The van der Waals surface area contributed by atoms with Crippen LogP contribution in [0.25, 0.3) is 0 Å². The Morgan fingerprint density at radius 2 is 1.67 bits per heavy atom. The molecule has 2 amide bonds. The average molecular weight is 453 g/mol. The molecule has 0 unspecified atom stereocenters. The Morgan fingerprint density at radius 1 is 1.10 bits per heavy atom. The van der Waals surface area contributed by atoms with Gasteiger partial charge in [0.15, 0.2) is 5.17 Å². The zero-order valence-electron chi connectivity index (χ0n) is 15.7. The van der Waals surface area contributed by atoms with Gasteiger partial charge in [0.05, 0.1) is 4.90 Å². The molecule has 0 bridgehead atoms. The molecular formula is C19H17F2N3O4S2. The number of benzene rings is 2. The lowest BCUT2D eigenvalue weighted by atomic mass is 10.2. The molecule has 1 aliphatic heterocycles. The van der Waals surface area contributed by atoms with E-state index in [1.165, 1.54) is 29.2 Å². The van der Waals surface area contributed by atoms with Crippen molar-refractivity contribution in [2.45, 2.75) is 23.5 Å². The predicted molar refractivity (Wildman–Crippen MR) is 109 cm³/mol. The number of anilines is 1. The van der Waals surface area contributed by atoms with Crippen molar-refractivity contribution in [2.75, 3.05) is 11.9 Å². The molecule has 1 saturated heterocycles. The van der Waals surface area contributed by atoms with Crippen molar-refractivity contribution in [1.82, 2.24) is 4.90 Å². The highest BCUT2D eigenvalue weighted by Gasteiger charge is 2.39. The van der Waals surface area contributed by atoms with Gasteiger partial charge in [0.2, 0.25) is 11.8 Å². The van der Waals surface area contributed by atoms with Gasteiger partial charge < -0.3 is 5.32 Å². The highest BCUT2D eigenvalue weighted by Crippen LogP contribution is 2.31. The lowest BCUT2D eigenvalue weighted by Crippen LogP contribution is -2.33. The summed E-state index contributed by atoms with van der Waals surface area (Å²) in [7, 11) is -4.16. The third kappa shape index (κ3) is 5.03. The number of halogens is 2. The van der Waals surface area contributed by atoms with Gasteiger partial charge >= 0.3 is 0 Å². The summed E-state index contributed by atoms with van der Waals surface area (Å²) in [6.07, 6.45) is -0.215. The Balaban J connectivity index is 1.75. The third-order valence-electron chi connectivity index (χ3n) is 4.14. The minimum absolute atomic E-state index is 0.0496. The molecule has 0 spiro atoms. The zero-order chi connectivity index (χ0) is 21.9. The van der Waals surface area contributed by atoms with E-state index in [0.717, 1.165) is 36.0 Å². The van der Waals surface area contributed by atoms with Crippen LogP contribution in [0, 0.1) is 11.6 Å². The van der Waals surface area contributed by atoms with Crippen LogP contribution in [0.15, 0.2) is 57.8 Å². The van der Waals surface area contributed by atoms with Gasteiger partial charge in [-0.15, -0.1) is 4.40 Å². The molecule has 2 aromatic carbocycles. The van der Waals surface area contributed by atoms with Gasteiger partial charge in [-0.3, -0.25) is 14.5 Å². The Bertz CT molecular complexity index is 1090. The van der Waals surface area contributed by atoms with Crippen LogP contribution in [0.1, 0.15) is 13.3 Å². The van der Waals surface area contributed by atoms with Gasteiger partial charge in [-0.25, -0.2) is 8.78 Å². The molecule has 7 nitrogen and oxygen atoms in total. The summed E-state index contributed by atoms with van der Waals surface area (Å²) in [5.41, 5.74) is 0.372. The smallest absolute Gasteiger partial charge is 0.284 e. The molecule has 0 aromatic heterocycles. The maximum Gasteiger partial charge on any atom is 0.284 e. The molecule has 1 atom stereocenters. The number of thioether (sulfide) groups is 1. The minimum atomic E-state index is -4.16. The van der Waals surface area contributed by atoms with Crippen LogP contribution >= 0.6 is 11.8 Å². The lowest BCUT2D eigenvalue weighted by Gasteiger charge is -2.13. The van der Waals surface area contributed by atoms with Crippen molar-refractivity contribution in [1.29, 1.82) is 0 Å². The normalized spacial score (nSPS) is 18.1. The number of hydrogen-bond donors (Lipinski definition) is 1. The SMILES string of the molecule is CCN1C(=O)[C@@H](CC(=O)Nc2ccc(F)cc2)SC1=NS(=O)(=O)c1ccc(F)cc1. The average Bonchev–Trinajstić information content (AvgIpc) is 2.97. The number of hydrogen-bond acceptors (Lipinski definition) is 5. The van der Waals surface area contributed by atoms with E-state index in [0.29, 0.717) is 5.69 Å². The summed E-state index contributed by atoms with van der Waals surface area (Å²) in [6, 6.07) is 9.32. The second kappa shape index (κ2) is 8.92. The van der Waals surface area contributed by atoms with Crippen LogP contribution in [0.5, 0.6) is 0 Å². The number of sulfonamides is 1. The molecule has 1 heterocycles. The van der Waals surface area contributed by atoms with Gasteiger partial charge in [0.25, 0.3) is 10.0 Å². The third-order valence-corrected chi connectivity index (χ3v) is 6.72. The van der Waals surface area contributed by atoms with Crippen molar-refractivity contribution >= 4 is 44.5 Å². The molecule has 0 saturated carbocycles. The Morgan fingerprint density at radius 3 is 2.23 bits per heavy atom. The standard InChI is InChI=1S/C19H17F2N3O4S2/c1-2-24-18(26)16(11-17(25)22-14-7-3-12(20)4-8-14)29-19(24)23-30(27,28)15-9-5-13(21)6-10-15/h3-10,16H,2,11H2,1H3,(H,22,25)/t16-/m1/s1. The van der Waals surface area contributed by atoms with Gasteiger partial charge in [0.1, 0.15) is 16.9 Å². The monoisotopic (exact) mass is 453 g/mol. The van der Waals surface area contributed by atoms with Crippen LogP contribution in [-0.4, -0.2) is 42.1 Å².